The normalized spacial score (nSPS) is 17.2. The summed E-state index contributed by atoms with van der Waals surface area (Å²) >= 11 is 0. The van der Waals surface area contributed by atoms with Gasteiger partial charge in [0, 0.05) is 14.2 Å². The minimum absolute atomic E-state index is 0.579. The van der Waals surface area contributed by atoms with Gasteiger partial charge in [0.2, 0.25) is 0 Å². The lowest BCUT2D eigenvalue weighted by atomic mass is 9.75. The highest BCUT2D eigenvalue weighted by Crippen LogP contribution is 2.45. The van der Waals surface area contributed by atoms with Crippen molar-refractivity contribution in [2.24, 2.45) is 0 Å². The average molecular weight is 270 g/mol. The van der Waals surface area contributed by atoms with Crippen LogP contribution in [-0.2, 0) is 20.7 Å². The fraction of sp³-hybridized carbons (Fsp3) is 0.333. The minimum atomic E-state index is -0.579. The number of methoxy groups -OCH3 is 2. The highest BCUT2D eigenvalue weighted by atomic mass is 16.5. The maximum absolute atomic E-state index is 5.91. The number of ether oxygens (including phenoxy) is 2. The Labute approximate surface area is 121 Å². The monoisotopic (exact) mass is 270 g/mol. The third kappa shape index (κ3) is 2.26. The van der Waals surface area contributed by atoms with Crippen LogP contribution in [0.1, 0.15) is 25.0 Å². The van der Waals surface area contributed by atoms with Crippen LogP contribution < -0.4 is 0 Å². The van der Waals surface area contributed by atoms with Crippen molar-refractivity contribution < 1.29 is 9.47 Å². The van der Waals surface area contributed by atoms with Crippen LogP contribution in [0, 0.1) is 0 Å². The van der Waals surface area contributed by atoms with E-state index in [4.69, 9.17) is 9.47 Å². The Kier molecular flexibility index (Phi) is 4.26. The maximum atomic E-state index is 5.91. The molecule has 20 heavy (non-hydrogen) atoms. The van der Waals surface area contributed by atoms with Gasteiger partial charge in [0.1, 0.15) is 11.2 Å². The SMILES string of the molecule is COC(C)(c1ccccc1)C(C)(OC)c1ccccc1. The molecular weight excluding hydrogens is 248 g/mol. The first-order valence-electron chi connectivity index (χ1n) is 6.80. The van der Waals surface area contributed by atoms with E-state index in [0.29, 0.717) is 0 Å². The molecule has 0 saturated carbocycles. The third-order valence-electron chi connectivity index (χ3n) is 4.38. The second-order valence-electron chi connectivity index (χ2n) is 5.21. The average Bonchev–Trinajstić information content (AvgIpc) is 2.54. The summed E-state index contributed by atoms with van der Waals surface area (Å²) in [6.07, 6.45) is 0. The Bertz CT molecular complexity index is 486. The minimum Gasteiger partial charge on any atom is -0.370 e. The molecule has 0 aliphatic heterocycles. The molecule has 2 nitrogen and oxygen atoms in total. The van der Waals surface area contributed by atoms with Gasteiger partial charge in [-0.2, -0.15) is 0 Å². The third-order valence-corrected chi connectivity index (χ3v) is 4.38. The van der Waals surface area contributed by atoms with Crippen molar-refractivity contribution >= 4 is 0 Å². The molecule has 0 fully saturated rings. The van der Waals surface area contributed by atoms with Crippen LogP contribution in [0.25, 0.3) is 0 Å². The molecule has 2 atom stereocenters. The van der Waals surface area contributed by atoms with Gasteiger partial charge in [0.05, 0.1) is 0 Å². The van der Waals surface area contributed by atoms with E-state index >= 15 is 0 Å². The Morgan fingerprint density at radius 2 is 0.900 bits per heavy atom. The van der Waals surface area contributed by atoms with Crippen LogP contribution >= 0.6 is 0 Å². The Hall–Kier alpha value is -1.64. The summed E-state index contributed by atoms with van der Waals surface area (Å²) in [4.78, 5) is 0. The zero-order valence-corrected chi connectivity index (χ0v) is 12.6. The van der Waals surface area contributed by atoms with E-state index < -0.39 is 11.2 Å². The number of benzene rings is 2. The number of hydrogen-bond acceptors (Lipinski definition) is 2. The van der Waals surface area contributed by atoms with Crippen LogP contribution in [0.3, 0.4) is 0 Å². The van der Waals surface area contributed by atoms with Crippen molar-refractivity contribution in [1.29, 1.82) is 0 Å². The van der Waals surface area contributed by atoms with E-state index in [1.54, 1.807) is 14.2 Å². The van der Waals surface area contributed by atoms with Gasteiger partial charge < -0.3 is 9.47 Å². The highest BCUT2D eigenvalue weighted by molar-refractivity contribution is 5.33. The van der Waals surface area contributed by atoms with Crippen molar-refractivity contribution in [3.63, 3.8) is 0 Å². The van der Waals surface area contributed by atoms with E-state index in [0.717, 1.165) is 11.1 Å². The van der Waals surface area contributed by atoms with Crippen molar-refractivity contribution in [1.82, 2.24) is 0 Å². The van der Waals surface area contributed by atoms with E-state index in [-0.39, 0.29) is 0 Å². The molecule has 2 aromatic carbocycles. The van der Waals surface area contributed by atoms with Crippen LogP contribution in [0.2, 0.25) is 0 Å². The summed E-state index contributed by atoms with van der Waals surface area (Å²) in [7, 11) is 3.46. The summed E-state index contributed by atoms with van der Waals surface area (Å²) in [5, 5.41) is 0. The predicted molar refractivity (Wildman–Crippen MR) is 81.6 cm³/mol. The molecule has 0 aliphatic rings. The van der Waals surface area contributed by atoms with Gasteiger partial charge in [0.25, 0.3) is 0 Å². The first kappa shape index (κ1) is 14.8. The van der Waals surface area contributed by atoms with Gasteiger partial charge in [-0.1, -0.05) is 60.7 Å². The lowest BCUT2D eigenvalue weighted by molar-refractivity contribution is -0.180. The highest BCUT2D eigenvalue weighted by Gasteiger charge is 2.48. The van der Waals surface area contributed by atoms with Crippen molar-refractivity contribution in [3.8, 4) is 0 Å². The second-order valence-corrected chi connectivity index (χ2v) is 5.21. The summed E-state index contributed by atoms with van der Waals surface area (Å²) in [5.74, 6) is 0. The van der Waals surface area contributed by atoms with Crippen LogP contribution in [0.5, 0.6) is 0 Å². The van der Waals surface area contributed by atoms with Gasteiger partial charge in [0.15, 0.2) is 0 Å². The van der Waals surface area contributed by atoms with E-state index in [1.165, 1.54) is 0 Å². The molecule has 0 aliphatic carbocycles. The smallest absolute Gasteiger partial charge is 0.123 e. The first-order valence-corrected chi connectivity index (χ1v) is 6.80. The second kappa shape index (κ2) is 5.78. The quantitative estimate of drug-likeness (QED) is 0.814. The molecule has 0 spiro atoms. The molecule has 0 saturated heterocycles. The Morgan fingerprint density at radius 3 is 1.15 bits per heavy atom. The first-order chi connectivity index (χ1) is 9.58. The Morgan fingerprint density at radius 1 is 0.600 bits per heavy atom. The largest absolute Gasteiger partial charge is 0.370 e. The summed E-state index contributed by atoms with van der Waals surface area (Å²) in [6, 6.07) is 20.4. The lowest BCUT2D eigenvalue weighted by Crippen LogP contribution is -2.48. The van der Waals surface area contributed by atoms with E-state index in [1.807, 2.05) is 36.4 Å². The lowest BCUT2D eigenvalue weighted by Gasteiger charge is -2.45. The van der Waals surface area contributed by atoms with Gasteiger partial charge in [-0.3, -0.25) is 0 Å². The molecule has 0 radical (unpaired) electrons. The van der Waals surface area contributed by atoms with Crippen molar-refractivity contribution in [2.45, 2.75) is 25.0 Å². The molecule has 2 rings (SSSR count). The van der Waals surface area contributed by atoms with Gasteiger partial charge in [-0.15, -0.1) is 0 Å². The molecule has 0 aromatic heterocycles. The topological polar surface area (TPSA) is 18.5 Å². The molecule has 0 heterocycles. The van der Waals surface area contributed by atoms with Crippen molar-refractivity contribution in [2.75, 3.05) is 14.2 Å². The van der Waals surface area contributed by atoms with Gasteiger partial charge in [-0.05, 0) is 25.0 Å². The maximum Gasteiger partial charge on any atom is 0.123 e. The van der Waals surface area contributed by atoms with E-state index in [9.17, 15) is 0 Å². The number of hydrogen-bond donors (Lipinski definition) is 0. The molecule has 0 N–H and O–H groups in total. The molecule has 0 bridgehead atoms. The standard InChI is InChI=1S/C18H22O2/c1-17(19-3,15-11-7-5-8-12-15)18(2,20-4)16-13-9-6-10-14-16/h5-14H,1-4H3. The van der Waals surface area contributed by atoms with Crippen LogP contribution in [0.15, 0.2) is 60.7 Å². The van der Waals surface area contributed by atoms with Crippen molar-refractivity contribution in [3.05, 3.63) is 71.8 Å². The molecule has 0 amide bonds. The molecule has 2 aromatic rings. The molecule has 2 heteroatoms. The van der Waals surface area contributed by atoms with Gasteiger partial charge in [-0.25, -0.2) is 0 Å². The zero-order chi connectivity index (χ0) is 14.6. The fourth-order valence-corrected chi connectivity index (χ4v) is 2.69. The molecule has 2 unspecified atom stereocenters. The summed E-state index contributed by atoms with van der Waals surface area (Å²) in [5.41, 5.74) is 1.03. The predicted octanol–water partition coefficient (Wildman–Crippen LogP) is 4.11. The molecular formula is C18H22O2. The summed E-state index contributed by atoms with van der Waals surface area (Å²) < 4.78 is 11.8. The van der Waals surface area contributed by atoms with Crippen LogP contribution in [0.4, 0.5) is 0 Å². The number of rotatable bonds is 5. The van der Waals surface area contributed by atoms with E-state index in [2.05, 4.69) is 38.1 Å². The fourth-order valence-electron chi connectivity index (χ4n) is 2.69. The van der Waals surface area contributed by atoms with Crippen LogP contribution in [-0.4, -0.2) is 14.2 Å². The zero-order valence-electron chi connectivity index (χ0n) is 12.6. The molecule has 106 valence electrons. The Balaban J connectivity index is 2.58. The summed E-state index contributed by atoms with van der Waals surface area (Å²) in [6.45, 7) is 4.14. The van der Waals surface area contributed by atoms with Gasteiger partial charge >= 0.3 is 0 Å².